The van der Waals surface area contributed by atoms with Crippen molar-refractivity contribution in [2.24, 2.45) is 0 Å². The molecule has 1 aromatic carbocycles. The molecule has 18 heavy (non-hydrogen) atoms. The number of carbonyl (C=O) groups excluding carboxylic acids is 1. The largest absolute Gasteiger partial charge is 0.325 e. The zero-order chi connectivity index (χ0) is 13.0. The molecule has 1 heterocycles. The molecule has 0 spiro atoms. The van der Waals surface area contributed by atoms with Gasteiger partial charge in [-0.15, -0.1) is 0 Å². The van der Waals surface area contributed by atoms with Gasteiger partial charge in [0, 0.05) is 22.6 Å². The van der Waals surface area contributed by atoms with Crippen LogP contribution in [-0.4, -0.2) is 10.9 Å². The molecule has 4 heteroatoms. The number of nitrogens with one attached hydrogen (secondary N) is 1. The Labute approximate surface area is 111 Å². The summed E-state index contributed by atoms with van der Waals surface area (Å²) in [5.41, 5.74) is 2.35. The van der Waals surface area contributed by atoms with E-state index < -0.39 is 0 Å². The Morgan fingerprint density at radius 2 is 2.11 bits per heavy atom. The first-order chi connectivity index (χ1) is 8.66. The minimum absolute atomic E-state index is 0.0981. The van der Waals surface area contributed by atoms with Crippen LogP contribution >= 0.6 is 11.6 Å². The highest BCUT2D eigenvalue weighted by Gasteiger charge is 2.07. The van der Waals surface area contributed by atoms with Crippen molar-refractivity contribution in [1.29, 1.82) is 0 Å². The fourth-order valence-corrected chi connectivity index (χ4v) is 1.78. The van der Waals surface area contributed by atoms with Gasteiger partial charge in [-0.25, -0.2) is 0 Å². The van der Waals surface area contributed by atoms with Crippen molar-refractivity contribution < 1.29 is 4.79 Å². The van der Waals surface area contributed by atoms with Gasteiger partial charge in [0.05, 0.1) is 6.42 Å². The van der Waals surface area contributed by atoms with Crippen LogP contribution in [0, 0.1) is 6.92 Å². The van der Waals surface area contributed by atoms with E-state index in [0.717, 1.165) is 16.9 Å². The maximum Gasteiger partial charge on any atom is 0.230 e. The SMILES string of the molecule is Cc1c(Cl)cccc1NC(=O)Cc1ccccn1. The summed E-state index contributed by atoms with van der Waals surface area (Å²) in [6, 6.07) is 10.9. The number of pyridine rings is 1. The van der Waals surface area contributed by atoms with Crippen molar-refractivity contribution in [1.82, 2.24) is 4.98 Å². The third kappa shape index (κ3) is 3.08. The number of halogens is 1. The monoisotopic (exact) mass is 260 g/mol. The van der Waals surface area contributed by atoms with Gasteiger partial charge >= 0.3 is 0 Å². The normalized spacial score (nSPS) is 10.1. The predicted molar refractivity (Wildman–Crippen MR) is 72.8 cm³/mol. The lowest BCUT2D eigenvalue weighted by Crippen LogP contribution is -2.15. The zero-order valence-corrected chi connectivity index (χ0v) is 10.7. The molecule has 92 valence electrons. The molecule has 1 N–H and O–H groups in total. The third-order valence-electron chi connectivity index (χ3n) is 2.61. The average Bonchev–Trinajstić information content (AvgIpc) is 2.36. The van der Waals surface area contributed by atoms with Crippen molar-refractivity contribution in [2.45, 2.75) is 13.3 Å². The van der Waals surface area contributed by atoms with Gasteiger partial charge in [0.15, 0.2) is 0 Å². The summed E-state index contributed by atoms with van der Waals surface area (Å²) in [5, 5.41) is 3.48. The van der Waals surface area contributed by atoms with E-state index in [1.165, 1.54) is 0 Å². The van der Waals surface area contributed by atoms with Gasteiger partial charge in [0.25, 0.3) is 0 Å². The lowest BCUT2D eigenvalue weighted by Gasteiger charge is -2.09. The van der Waals surface area contributed by atoms with Gasteiger partial charge in [-0.3, -0.25) is 9.78 Å². The van der Waals surface area contributed by atoms with Gasteiger partial charge in [0.1, 0.15) is 0 Å². The van der Waals surface area contributed by atoms with Crippen LogP contribution in [0.4, 0.5) is 5.69 Å². The molecule has 0 aliphatic rings. The summed E-state index contributed by atoms with van der Waals surface area (Å²) >= 11 is 5.99. The lowest BCUT2D eigenvalue weighted by molar-refractivity contribution is -0.115. The highest BCUT2D eigenvalue weighted by molar-refractivity contribution is 6.31. The van der Waals surface area contributed by atoms with E-state index in [2.05, 4.69) is 10.3 Å². The Balaban J connectivity index is 2.06. The van der Waals surface area contributed by atoms with E-state index >= 15 is 0 Å². The van der Waals surface area contributed by atoms with Crippen molar-refractivity contribution in [3.63, 3.8) is 0 Å². The number of rotatable bonds is 3. The van der Waals surface area contributed by atoms with Crippen molar-refractivity contribution in [2.75, 3.05) is 5.32 Å². The summed E-state index contributed by atoms with van der Waals surface area (Å²) < 4.78 is 0. The number of hydrogen-bond acceptors (Lipinski definition) is 2. The standard InChI is InChI=1S/C14H13ClN2O/c1-10-12(15)6-4-7-13(10)17-14(18)9-11-5-2-3-8-16-11/h2-8H,9H2,1H3,(H,17,18). The van der Waals surface area contributed by atoms with Crippen LogP contribution in [0.15, 0.2) is 42.6 Å². The predicted octanol–water partition coefficient (Wildman–Crippen LogP) is 3.22. The molecule has 2 rings (SSSR count). The second-order valence-electron chi connectivity index (χ2n) is 3.96. The zero-order valence-electron chi connectivity index (χ0n) is 9.98. The Morgan fingerprint density at radius 1 is 1.28 bits per heavy atom. The van der Waals surface area contributed by atoms with Crippen LogP contribution in [0.2, 0.25) is 5.02 Å². The first-order valence-corrected chi connectivity index (χ1v) is 5.99. The molecule has 1 amide bonds. The quantitative estimate of drug-likeness (QED) is 0.921. The molecule has 0 aliphatic heterocycles. The minimum Gasteiger partial charge on any atom is -0.325 e. The number of hydrogen-bond donors (Lipinski definition) is 1. The van der Waals surface area contributed by atoms with E-state index in [0.29, 0.717) is 5.02 Å². The molecule has 2 aromatic rings. The van der Waals surface area contributed by atoms with Gasteiger partial charge in [0.2, 0.25) is 5.91 Å². The summed E-state index contributed by atoms with van der Waals surface area (Å²) in [5.74, 6) is -0.0981. The maximum absolute atomic E-state index is 11.9. The summed E-state index contributed by atoms with van der Waals surface area (Å²) in [6.07, 6.45) is 1.93. The lowest BCUT2D eigenvalue weighted by atomic mass is 10.2. The molecular weight excluding hydrogens is 248 g/mol. The van der Waals surface area contributed by atoms with E-state index in [1.807, 2.05) is 37.3 Å². The number of aromatic nitrogens is 1. The fraction of sp³-hybridized carbons (Fsp3) is 0.143. The Hall–Kier alpha value is -1.87. The molecule has 0 saturated carbocycles. The van der Waals surface area contributed by atoms with Gasteiger partial charge < -0.3 is 5.32 Å². The Morgan fingerprint density at radius 3 is 2.83 bits per heavy atom. The number of carbonyl (C=O) groups is 1. The van der Waals surface area contributed by atoms with Gasteiger partial charge in [-0.05, 0) is 36.8 Å². The molecule has 0 fully saturated rings. The highest BCUT2D eigenvalue weighted by Crippen LogP contribution is 2.22. The maximum atomic E-state index is 11.9. The van der Waals surface area contributed by atoms with Crippen LogP contribution in [-0.2, 0) is 11.2 Å². The van der Waals surface area contributed by atoms with Crippen LogP contribution in [0.25, 0.3) is 0 Å². The second-order valence-corrected chi connectivity index (χ2v) is 4.37. The number of anilines is 1. The highest BCUT2D eigenvalue weighted by atomic mass is 35.5. The summed E-state index contributed by atoms with van der Waals surface area (Å²) in [4.78, 5) is 16.0. The van der Waals surface area contributed by atoms with E-state index in [9.17, 15) is 4.79 Å². The van der Waals surface area contributed by atoms with Crippen molar-refractivity contribution in [3.05, 3.63) is 58.9 Å². The fourth-order valence-electron chi connectivity index (χ4n) is 1.60. The number of nitrogens with zero attached hydrogens (tertiary/aromatic N) is 1. The van der Waals surface area contributed by atoms with Crippen LogP contribution in [0.5, 0.6) is 0 Å². The minimum atomic E-state index is -0.0981. The first kappa shape index (κ1) is 12.6. The molecule has 3 nitrogen and oxygen atoms in total. The summed E-state index contributed by atoms with van der Waals surface area (Å²) in [7, 11) is 0. The molecule has 0 saturated heterocycles. The molecule has 0 atom stereocenters. The first-order valence-electron chi connectivity index (χ1n) is 5.61. The average molecular weight is 261 g/mol. The van der Waals surface area contributed by atoms with E-state index in [1.54, 1.807) is 12.3 Å². The molecule has 0 unspecified atom stereocenters. The van der Waals surface area contributed by atoms with Crippen molar-refractivity contribution >= 4 is 23.2 Å². The Bertz CT molecular complexity index is 555. The Kier molecular flexibility index (Phi) is 3.95. The van der Waals surface area contributed by atoms with Crippen LogP contribution < -0.4 is 5.32 Å². The molecule has 0 aliphatic carbocycles. The molecule has 0 radical (unpaired) electrons. The van der Waals surface area contributed by atoms with E-state index in [-0.39, 0.29) is 12.3 Å². The van der Waals surface area contributed by atoms with Crippen LogP contribution in [0.3, 0.4) is 0 Å². The van der Waals surface area contributed by atoms with Crippen LogP contribution in [0.1, 0.15) is 11.3 Å². The molecule has 0 bridgehead atoms. The molecular formula is C14H13ClN2O. The number of amides is 1. The van der Waals surface area contributed by atoms with Crippen molar-refractivity contribution in [3.8, 4) is 0 Å². The second kappa shape index (κ2) is 5.65. The number of benzene rings is 1. The smallest absolute Gasteiger partial charge is 0.230 e. The van der Waals surface area contributed by atoms with Gasteiger partial charge in [-0.1, -0.05) is 23.7 Å². The summed E-state index contributed by atoms with van der Waals surface area (Å²) in [6.45, 7) is 1.87. The molecule has 1 aromatic heterocycles. The van der Waals surface area contributed by atoms with E-state index in [4.69, 9.17) is 11.6 Å². The van der Waals surface area contributed by atoms with Gasteiger partial charge in [-0.2, -0.15) is 0 Å². The third-order valence-corrected chi connectivity index (χ3v) is 3.02. The topological polar surface area (TPSA) is 42.0 Å².